The Morgan fingerprint density at radius 2 is 1.75 bits per heavy atom. The van der Waals surface area contributed by atoms with Gasteiger partial charge in [0.2, 0.25) is 21.8 Å². The zero-order valence-corrected chi connectivity index (χ0v) is 35.2. The standard InChI is InChI=1S/C43H55N7O8S/c1-7-30-24-43(30,40(53)48-59(55,56)33-19-20-33)45-38(51)34-23-31-25-49(34)39(52)35(26(2)3)44-41(54)58-42(4,5)21-10-8-9-12-27-13-11-14-29(22-27)37-36(46-50(31)47-37)28-15-17-32(57-6)18-16-28/h7,11,13-18,22,26,30-31,33-35H,1,8-10,12,19-21,23-25H2,2-6H3,(H,44,54)(H,45,51)(H,48,53)/t30-,31-,34+,35+,43-/m1/s1. The lowest BCUT2D eigenvalue weighted by Gasteiger charge is -2.32. The Morgan fingerprint density at radius 1 is 1.03 bits per heavy atom. The normalized spacial score (nSPS) is 26.0. The lowest BCUT2D eigenvalue weighted by atomic mass is 9.97. The highest BCUT2D eigenvalue weighted by molar-refractivity contribution is 7.91. The van der Waals surface area contributed by atoms with Crippen LogP contribution in [0.3, 0.4) is 0 Å². The van der Waals surface area contributed by atoms with E-state index in [9.17, 15) is 27.6 Å². The largest absolute Gasteiger partial charge is 0.497 e. The molecule has 3 fully saturated rings. The van der Waals surface area contributed by atoms with Crippen molar-refractivity contribution in [3.05, 3.63) is 66.7 Å². The van der Waals surface area contributed by atoms with Crippen molar-refractivity contribution in [2.75, 3.05) is 13.7 Å². The van der Waals surface area contributed by atoms with Crippen LogP contribution in [0, 0.1) is 11.8 Å². The van der Waals surface area contributed by atoms with Crippen LogP contribution in [-0.4, -0.2) is 94.3 Å². The summed E-state index contributed by atoms with van der Waals surface area (Å²) in [6.45, 7) is 11.1. The molecule has 3 heterocycles. The quantitative estimate of drug-likeness (QED) is 0.245. The molecule has 3 aromatic rings. The molecule has 4 amide bonds. The first-order valence-corrected chi connectivity index (χ1v) is 22.1. The summed E-state index contributed by atoms with van der Waals surface area (Å²) in [5.74, 6) is -2.26. The predicted octanol–water partition coefficient (Wildman–Crippen LogP) is 5.08. The number of sulfonamides is 1. The highest BCUT2D eigenvalue weighted by atomic mass is 32.2. The fourth-order valence-corrected chi connectivity index (χ4v) is 9.56. The Balaban J connectivity index is 1.28. The number of ether oxygens (including phenoxy) is 2. The molecule has 0 spiro atoms. The molecule has 6 bridgehead atoms. The topological polar surface area (TPSA) is 191 Å². The van der Waals surface area contributed by atoms with Crippen molar-refractivity contribution >= 4 is 33.8 Å². The molecule has 2 aromatic carbocycles. The molecule has 3 N–H and O–H groups in total. The van der Waals surface area contributed by atoms with Crippen LogP contribution in [0.2, 0.25) is 0 Å². The first-order valence-electron chi connectivity index (χ1n) is 20.6. The molecule has 59 heavy (non-hydrogen) atoms. The molecule has 2 aliphatic heterocycles. The number of carbonyl (C=O) groups excluding carboxylic acids is 4. The number of cyclic esters (lactones) is 1. The monoisotopic (exact) mass is 829 g/mol. The molecule has 2 aliphatic carbocycles. The van der Waals surface area contributed by atoms with Gasteiger partial charge in [-0.3, -0.25) is 19.1 Å². The van der Waals surface area contributed by atoms with Crippen LogP contribution in [-0.2, 0) is 35.6 Å². The van der Waals surface area contributed by atoms with E-state index >= 15 is 0 Å². The van der Waals surface area contributed by atoms with E-state index in [1.165, 1.54) is 11.0 Å². The molecule has 15 nitrogen and oxygen atoms in total. The fourth-order valence-electron chi connectivity index (χ4n) is 8.20. The number of amides is 4. The van der Waals surface area contributed by atoms with Gasteiger partial charge in [0.1, 0.15) is 40.4 Å². The zero-order chi connectivity index (χ0) is 42.3. The van der Waals surface area contributed by atoms with Gasteiger partial charge in [-0.05, 0) is 101 Å². The number of benzene rings is 2. The van der Waals surface area contributed by atoms with Gasteiger partial charge in [-0.15, -0.1) is 6.58 Å². The first-order chi connectivity index (χ1) is 28.0. The number of methoxy groups -OCH3 is 1. The Kier molecular flexibility index (Phi) is 11.7. The lowest BCUT2D eigenvalue weighted by Crippen LogP contribution is -2.59. The van der Waals surface area contributed by atoms with Gasteiger partial charge in [-0.25, -0.2) is 13.2 Å². The van der Waals surface area contributed by atoms with Gasteiger partial charge in [-0.1, -0.05) is 44.5 Å². The van der Waals surface area contributed by atoms with Gasteiger partial charge < -0.3 is 25.0 Å². The van der Waals surface area contributed by atoms with Gasteiger partial charge in [0.05, 0.1) is 18.4 Å². The second-order valence-electron chi connectivity index (χ2n) is 17.3. The van der Waals surface area contributed by atoms with Crippen LogP contribution in [0.4, 0.5) is 4.79 Å². The van der Waals surface area contributed by atoms with Crippen molar-refractivity contribution in [2.45, 2.75) is 120 Å². The van der Waals surface area contributed by atoms with Crippen molar-refractivity contribution in [3.8, 4) is 28.3 Å². The molecular weight excluding hydrogens is 775 g/mol. The molecule has 4 aliphatic rings. The summed E-state index contributed by atoms with van der Waals surface area (Å²) in [4.78, 5) is 59.3. The summed E-state index contributed by atoms with van der Waals surface area (Å²) in [6.07, 6.45) is 6.03. The Morgan fingerprint density at radius 3 is 2.39 bits per heavy atom. The second-order valence-corrected chi connectivity index (χ2v) is 19.3. The minimum absolute atomic E-state index is 0.00127. The summed E-state index contributed by atoms with van der Waals surface area (Å²) >= 11 is 0. The predicted molar refractivity (Wildman–Crippen MR) is 220 cm³/mol. The number of fused-ring (bicyclic) bond motifs is 8. The molecule has 16 heteroatoms. The number of aryl methyl sites for hydroxylation is 1. The van der Waals surface area contributed by atoms with E-state index in [1.807, 2.05) is 50.2 Å². The number of nitrogens with zero attached hydrogens (tertiary/aromatic N) is 4. The van der Waals surface area contributed by atoms with Gasteiger partial charge in [0.15, 0.2) is 0 Å². The van der Waals surface area contributed by atoms with E-state index in [-0.39, 0.29) is 19.4 Å². The van der Waals surface area contributed by atoms with E-state index < -0.39 is 80.2 Å². The molecule has 0 radical (unpaired) electrons. The Bertz CT molecular complexity index is 2220. The van der Waals surface area contributed by atoms with E-state index in [0.717, 1.165) is 42.4 Å². The Hall–Kier alpha value is -5.25. The number of alkyl carbamates (subject to hydrolysis) is 1. The van der Waals surface area contributed by atoms with Crippen molar-refractivity contribution in [1.82, 2.24) is 35.2 Å². The van der Waals surface area contributed by atoms with Crippen molar-refractivity contribution in [3.63, 3.8) is 0 Å². The van der Waals surface area contributed by atoms with Crippen molar-refractivity contribution in [1.29, 1.82) is 0 Å². The first kappa shape index (κ1) is 41.9. The minimum Gasteiger partial charge on any atom is -0.497 e. The van der Waals surface area contributed by atoms with Crippen LogP contribution in [0.15, 0.2) is 61.2 Å². The third-order valence-electron chi connectivity index (χ3n) is 12.0. The summed E-state index contributed by atoms with van der Waals surface area (Å²) in [5, 5.41) is 15.1. The number of rotatable bonds is 9. The van der Waals surface area contributed by atoms with Crippen LogP contribution in [0.1, 0.15) is 90.7 Å². The third-order valence-corrected chi connectivity index (χ3v) is 13.8. The maximum Gasteiger partial charge on any atom is 0.408 e. The van der Waals surface area contributed by atoms with Crippen LogP contribution < -0.4 is 20.1 Å². The lowest BCUT2D eigenvalue weighted by molar-refractivity contribution is -0.141. The molecule has 316 valence electrons. The van der Waals surface area contributed by atoms with Crippen LogP contribution >= 0.6 is 0 Å². The molecular formula is C43H55N7O8S. The smallest absolute Gasteiger partial charge is 0.408 e. The molecule has 5 atom stereocenters. The second kappa shape index (κ2) is 16.4. The number of carbonyl (C=O) groups is 4. The average Bonchev–Trinajstić information content (AvgIpc) is 4.09. The average molecular weight is 830 g/mol. The summed E-state index contributed by atoms with van der Waals surface area (Å²) in [6, 6.07) is 12.9. The van der Waals surface area contributed by atoms with Gasteiger partial charge >= 0.3 is 6.09 Å². The molecule has 0 unspecified atom stereocenters. The maximum atomic E-state index is 14.7. The summed E-state index contributed by atoms with van der Waals surface area (Å²) in [5.41, 5.74) is 1.66. The van der Waals surface area contributed by atoms with Crippen LogP contribution in [0.5, 0.6) is 5.75 Å². The van der Waals surface area contributed by atoms with Gasteiger partial charge in [0, 0.05) is 30.0 Å². The zero-order valence-electron chi connectivity index (χ0n) is 34.4. The number of aromatic nitrogens is 3. The summed E-state index contributed by atoms with van der Waals surface area (Å²) in [7, 11) is -2.32. The SMILES string of the molecule is C=C[C@@H]1C[C@]1(NC(=O)[C@@H]1C[C@@H]2CN1C(=O)[C@H](C(C)C)NC(=O)OC(C)(C)CCCCCc1cccc(c1)-c1nn2nc1-c1ccc(OC)cc1)C(=O)NS(=O)(=O)C1CC1. The number of nitrogens with one attached hydrogen (secondary N) is 3. The molecule has 7 rings (SSSR count). The van der Waals surface area contributed by atoms with E-state index in [1.54, 1.807) is 25.8 Å². The molecule has 1 saturated heterocycles. The van der Waals surface area contributed by atoms with Crippen molar-refractivity contribution in [2.24, 2.45) is 11.8 Å². The van der Waals surface area contributed by atoms with E-state index in [2.05, 4.69) is 34.1 Å². The van der Waals surface area contributed by atoms with Gasteiger partial charge in [0.25, 0.3) is 5.91 Å². The number of hydrogen-bond acceptors (Lipinski definition) is 10. The van der Waals surface area contributed by atoms with Crippen LogP contribution in [0.25, 0.3) is 22.5 Å². The Labute approximate surface area is 345 Å². The fraction of sp³-hybridized carbons (Fsp3) is 0.535. The molecule has 2 saturated carbocycles. The summed E-state index contributed by atoms with van der Waals surface area (Å²) < 4.78 is 39.1. The highest BCUT2D eigenvalue weighted by Gasteiger charge is 2.62. The third kappa shape index (κ3) is 9.02. The highest BCUT2D eigenvalue weighted by Crippen LogP contribution is 2.46. The van der Waals surface area contributed by atoms with E-state index in [0.29, 0.717) is 36.4 Å². The number of hydrogen-bond donors (Lipinski definition) is 3. The van der Waals surface area contributed by atoms with E-state index in [4.69, 9.17) is 19.7 Å². The maximum absolute atomic E-state index is 14.7. The van der Waals surface area contributed by atoms with Gasteiger partial charge in [-0.2, -0.15) is 15.0 Å². The molecule has 1 aromatic heterocycles. The minimum atomic E-state index is -3.92. The van der Waals surface area contributed by atoms with Crippen molar-refractivity contribution < 1.29 is 37.1 Å².